The zero-order valence-corrected chi connectivity index (χ0v) is 10.6. The van der Waals surface area contributed by atoms with Crippen molar-refractivity contribution in [3.63, 3.8) is 0 Å². The Morgan fingerprint density at radius 3 is 2.94 bits per heavy atom. The molecule has 3 rings (SSSR count). The minimum absolute atomic E-state index is 0.331. The van der Waals surface area contributed by atoms with Crippen molar-refractivity contribution in [2.24, 2.45) is 0 Å². The van der Waals surface area contributed by atoms with Gasteiger partial charge in [-0.05, 0) is 37.6 Å². The average molecular weight is 246 g/mol. The highest BCUT2D eigenvalue weighted by atomic mass is 16.7. The summed E-state index contributed by atoms with van der Waals surface area (Å²) in [6.07, 6.45) is 4.31. The molecule has 0 unspecified atom stereocenters. The SMILES string of the molecule is CCNCCCc1c[nH]c2cc3c(cc12)OCO3. The van der Waals surface area contributed by atoms with Crippen LogP contribution >= 0.6 is 0 Å². The summed E-state index contributed by atoms with van der Waals surface area (Å²) >= 11 is 0. The fourth-order valence-electron chi connectivity index (χ4n) is 2.36. The number of nitrogens with one attached hydrogen (secondary N) is 2. The number of rotatable bonds is 5. The molecule has 0 amide bonds. The quantitative estimate of drug-likeness (QED) is 0.796. The summed E-state index contributed by atoms with van der Waals surface area (Å²) in [4.78, 5) is 3.30. The van der Waals surface area contributed by atoms with Crippen LogP contribution in [0.15, 0.2) is 18.3 Å². The van der Waals surface area contributed by atoms with Crippen molar-refractivity contribution < 1.29 is 9.47 Å². The zero-order valence-electron chi connectivity index (χ0n) is 10.6. The molecule has 0 bridgehead atoms. The maximum atomic E-state index is 5.43. The first-order valence-corrected chi connectivity index (χ1v) is 6.49. The first-order valence-electron chi connectivity index (χ1n) is 6.49. The van der Waals surface area contributed by atoms with Crippen molar-refractivity contribution in [3.8, 4) is 11.5 Å². The lowest BCUT2D eigenvalue weighted by molar-refractivity contribution is 0.174. The fraction of sp³-hybridized carbons (Fsp3) is 0.429. The van der Waals surface area contributed by atoms with Crippen molar-refractivity contribution >= 4 is 10.9 Å². The Morgan fingerprint density at radius 2 is 2.11 bits per heavy atom. The number of hydrogen-bond acceptors (Lipinski definition) is 3. The molecule has 1 aromatic heterocycles. The molecule has 0 atom stereocenters. The molecule has 18 heavy (non-hydrogen) atoms. The highest BCUT2D eigenvalue weighted by Gasteiger charge is 2.16. The first-order chi connectivity index (χ1) is 8.88. The van der Waals surface area contributed by atoms with Gasteiger partial charge in [0.15, 0.2) is 11.5 Å². The smallest absolute Gasteiger partial charge is 0.231 e. The predicted molar refractivity (Wildman–Crippen MR) is 71.3 cm³/mol. The Bertz CT molecular complexity index is 548. The van der Waals surface area contributed by atoms with Crippen molar-refractivity contribution in [2.45, 2.75) is 19.8 Å². The topological polar surface area (TPSA) is 46.3 Å². The van der Waals surface area contributed by atoms with Crippen LogP contribution in [0.3, 0.4) is 0 Å². The number of aromatic nitrogens is 1. The Kier molecular flexibility index (Phi) is 3.11. The number of ether oxygens (including phenoxy) is 2. The predicted octanol–water partition coefficient (Wildman–Crippen LogP) is 2.44. The first kappa shape index (κ1) is 11.4. The van der Waals surface area contributed by atoms with E-state index in [4.69, 9.17) is 9.47 Å². The summed E-state index contributed by atoms with van der Waals surface area (Å²) in [5.41, 5.74) is 2.47. The largest absolute Gasteiger partial charge is 0.454 e. The van der Waals surface area contributed by atoms with E-state index in [0.717, 1.165) is 42.9 Å². The lowest BCUT2D eigenvalue weighted by Crippen LogP contribution is -2.14. The second-order valence-corrected chi connectivity index (χ2v) is 4.52. The highest BCUT2D eigenvalue weighted by Crippen LogP contribution is 2.37. The molecule has 2 heterocycles. The zero-order chi connectivity index (χ0) is 12.4. The molecule has 0 fully saturated rings. The van der Waals surface area contributed by atoms with Crippen molar-refractivity contribution in [2.75, 3.05) is 19.9 Å². The summed E-state index contributed by atoms with van der Waals surface area (Å²) in [5, 5.41) is 4.59. The van der Waals surface area contributed by atoms with E-state index < -0.39 is 0 Å². The van der Waals surface area contributed by atoms with Crippen molar-refractivity contribution in [1.82, 2.24) is 10.3 Å². The third-order valence-corrected chi connectivity index (χ3v) is 3.31. The summed E-state index contributed by atoms with van der Waals surface area (Å²) in [5.74, 6) is 1.69. The van der Waals surface area contributed by atoms with Crippen LogP contribution in [-0.4, -0.2) is 24.9 Å². The molecule has 1 aliphatic heterocycles. The Morgan fingerprint density at radius 1 is 1.28 bits per heavy atom. The second kappa shape index (κ2) is 4.90. The average Bonchev–Trinajstić information content (AvgIpc) is 2.98. The van der Waals surface area contributed by atoms with Crippen LogP contribution in [0.1, 0.15) is 18.9 Å². The van der Waals surface area contributed by atoms with Crippen LogP contribution in [0.5, 0.6) is 11.5 Å². The molecule has 4 nitrogen and oxygen atoms in total. The van der Waals surface area contributed by atoms with E-state index in [9.17, 15) is 0 Å². The summed E-state index contributed by atoms with van der Waals surface area (Å²) in [6.45, 7) is 4.56. The van der Waals surface area contributed by atoms with Crippen LogP contribution in [0.4, 0.5) is 0 Å². The maximum absolute atomic E-state index is 5.43. The van der Waals surface area contributed by atoms with Gasteiger partial charge in [0.25, 0.3) is 0 Å². The fourth-order valence-corrected chi connectivity index (χ4v) is 2.36. The molecule has 2 N–H and O–H groups in total. The number of aromatic amines is 1. The van der Waals surface area contributed by atoms with Gasteiger partial charge in [-0.25, -0.2) is 0 Å². The van der Waals surface area contributed by atoms with Gasteiger partial charge in [0.1, 0.15) is 0 Å². The molecule has 1 aliphatic rings. The summed E-state index contributed by atoms with van der Waals surface area (Å²) in [6, 6.07) is 4.10. The van der Waals surface area contributed by atoms with Gasteiger partial charge in [0, 0.05) is 23.2 Å². The number of aryl methyl sites for hydroxylation is 1. The number of benzene rings is 1. The monoisotopic (exact) mass is 246 g/mol. The van der Waals surface area contributed by atoms with Gasteiger partial charge in [-0.3, -0.25) is 0 Å². The summed E-state index contributed by atoms with van der Waals surface area (Å²) in [7, 11) is 0. The molecular formula is C14H18N2O2. The normalized spacial score (nSPS) is 13.4. The molecule has 0 aliphatic carbocycles. The lowest BCUT2D eigenvalue weighted by Gasteiger charge is -2.02. The van der Waals surface area contributed by atoms with E-state index in [1.165, 1.54) is 10.9 Å². The van der Waals surface area contributed by atoms with Crippen LogP contribution in [0.25, 0.3) is 10.9 Å². The molecule has 2 aromatic rings. The van der Waals surface area contributed by atoms with Crippen molar-refractivity contribution in [3.05, 3.63) is 23.9 Å². The molecule has 4 heteroatoms. The number of H-pyrrole nitrogens is 1. The molecule has 1 aromatic carbocycles. The van der Waals surface area contributed by atoms with Gasteiger partial charge >= 0.3 is 0 Å². The maximum Gasteiger partial charge on any atom is 0.231 e. The van der Waals surface area contributed by atoms with Crippen molar-refractivity contribution in [1.29, 1.82) is 0 Å². The highest BCUT2D eigenvalue weighted by molar-refractivity contribution is 5.86. The van der Waals surface area contributed by atoms with E-state index in [1.807, 2.05) is 6.07 Å². The third-order valence-electron chi connectivity index (χ3n) is 3.31. The molecule has 0 radical (unpaired) electrons. The van der Waals surface area contributed by atoms with Crippen LogP contribution in [0.2, 0.25) is 0 Å². The minimum Gasteiger partial charge on any atom is -0.454 e. The Labute approximate surface area is 106 Å². The standard InChI is InChI=1S/C14H18N2O2/c1-2-15-5-3-4-10-8-16-12-7-14-13(6-11(10)12)17-9-18-14/h6-8,15-16H,2-5,9H2,1H3. The van der Waals surface area contributed by atoms with Gasteiger partial charge in [-0.2, -0.15) is 0 Å². The Hall–Kier alpha value is -1.68. The molecule has 96 valence electrons. The number of fused-ring (bicyclic) bond motifs is 2. The van der Waals surface area contributed by atoms with Gasteiger partial charge in [-0.15, -0.1) is 0 Å². The Balaban J connectivity index is 1.80. The molecule has 0 saturated carbocycles. The summed E-state index contributed by atoms with van der Waals surface area (Å²) < 4.78 is 10.8. The molecular weight excluding hydrogens is 228 g/mol. The molecule has 0 spiro atoms. The third kappa shape index (κ3) is 2.04. The minimum atomic E-state index is 0.331. The lowest BCUT2D eigenvalue weighted by atomic mass is 10.1. The van der Waals surface area contributed by atoms with Gasteiger partial charge < -0.3 is 19.8 Å². The molecule has 0 saturated heterocycles. The van der Waals surface area contributed by atoms with Crippen LogP contribution < -0.4 is 14.8 Å². The van der Waals surface area contributed by atoms with E-state index in [1.54, 1.807) is 0 Å². The second-order valence-electron chi connectivity index (χ2n) is 4.52. The van der Waals surface area contributed by atoms with Crippen LogP contribution in [0, 0.1) is 0 Å². The van der Waals surface area contributed by atoms with Crippen LogP contribution in [-0.2, 0) is 6.42 Å². The number of hydrogen-bond donors (Lipinski definition) is 2. The van der Waals surface area contributed by atoms with Gasteiger partial charge in [0.05, 0.1) is 0 Å². The van der Waals surface area contributed by atoms with E-state index >= 15 is 0 Å². The van der Waals surface area contributed by atoms with E-state index in [-0.39, 0.29) is 0 Å². The van der Waals surface area contributed by atoms with Gasteiger partial charge in [0.2, 0.25) is 6.79 Å². The van der Waals surface area contributed by atoms with E-state index in [0.29, 0.717) is 6.79 Å². The van der Waals surface area contributed by atoms with Gasteiger partial charge in [-0.1, -0.05) is 6.92 Å². The van der Waals surface area contributed by atoms with E-state index in [2.05, 4.69) is 29.5 Å².